The Bertz CT molecular complexity index is 92.2. The van der Waals surface area contributed by atoms with Crippen molar-refractivity contribution >= 4 is 17.6 Å². The summed E-state index contributed by atoms with van der Waals surface area (Å²) in [5.74, 6) is -0.444. The standard InChI is InChI=1S/C5H9ClO3/c1-4(6)9-5(7)3-8-2/h4H,3H2,1-2H3. The van der Waals surface area contributed by atoms with Gasteiger partial charge in [0.1, 0.15) is 6.61 Å². The molecule has 0 spiro atoms. The van der Waals surface area contributed by atoms with Gasteiger partial charge in [0.05, 0.1) is 0 Å². The van der Waals surface area contributed by atoms with E-state index in [2.05, 4.69) is 9.47 Å². The van der Waals surface area contributed by atoms with Crippen molar-refractivity contribution < 1.29 is 14.3 Å². The second-order valence-electron chi connectivity index (χ2n) is 1.47. The van der Waals surface area contributed by atoms with E-state index in [1.54, 1.807) is 6.92 Å². The molecule has 0 fully saturated rings. The summed E-state index contributed by atoms with van der Waals surface area (Å²) in [4.78, 5) is 10.4. The number of methoxy groups -OCH3 is 1. The van der Waals surface area contributed by atoms with Gasteiger partial charge in [-0.15, -0.1) is 0 Å². The summed E-state index contributed by atoms with van der Waals surface area (Å²) >= 11 is 5.31. The van der Waals surface area contributed by atoms with Crippen LogP contribution in [0.1, 0.15) is 6.92 Å². The van der Waals surface area contributed by atoms with Gasteiger partial charge in [-0.2, -0.15) is 0 Å². The third kappa shape index (κ3) is 5.59. The first-order valence-corrected chi connectivity index (χ1v) is 2.93. The van der Waals surface area contributed by atoms with Crippen LogP contribution >= 0.6 is 11.6 Å². The molecular weight excluding hydrogens is 144 g/mol. The Labute approximate surface area is 58.9 Å². The number of ether oxygens (including phenoxy) is 2. The van der Waals surface area contributed by atoms with E-state index >= 15 is 0 Å². The lowest BCUT2D eigenvalue weighted by atomic mass is 10.7. The molecule has 0 rings (SSSR count). The number of halogens is 1. The minimum absolute atomic E-state index is 0.0446. The molecule has 0 saturated heterocycles. The monoisotopic (exact) mass is 152 g/mol. The van der Waals surface area contributed by atoms with Crippen molar-refractivity contribution in [2.45, 2.75) is 12.5 Å². The molecule has 0 saturated carbocycles. The fourth-order valence-electron chi connectivity index (χ4n) is 0.333. The van der Waals surface area contributed by atoms with Crippen LogP contribution in [0, 0.1) is 0 Å². The fourth-order valence-corrected chi connectivity index (χ4v) is 0.432. The van der Waals surface area contributed by atoms with Crippen molar-refractivity contribution in [3.63, 3.8) is 0 Å². The summed E-state index contributed by atoms with van der Waals surface area (Å²) in [5, 5.41) is 0. The van der Waals surface area contributed by atoms with Crippen molar-refractivity contribution in [2.75, 3.05) is 13.7 Å². The highest BCUT2D eigenvalue weighted by Crippen LogP contribution is 1.95. The molecule has 0 aliphatic heterocycles. The summed E-state index contributed by atoms with van der Waals surface area (Å²) in [6.45, 7) is 1.52. The quantitative estimate of drug-likeness (QED) is 0.443. The Morgan fingerprint density at radius 3 is 2.67 bits per heavy atom. The zero-order valence-corrected chi connectivity index (χ0v) is 6.14. The van der Waals surface area contributed by atoms with Crippen molar-refractivity contribution in [1.29, 1.82) is 0 Å². The highest BCUT2D eigenvalue weighted by atomic mass is 35.5. The molecule has 0 aliphatic rings. The molecule has 0 aromatic heterocycles. The summed E-state index contributed by atoms with van der Waals surface area (Å²) in [6, 6.07) is 0. The lowest BCUT2D eigenvalue weighted by Gasteiger charge is -2.03. The summed E-state index contributed by atoms with van der Waals surface area (Å²) < 4.78 is 8.96. The van der Waals surface area contributed by atoms with Gasteiger partial charge < -0.3 is 9.47 Å². The minimum atomic E-state index is -0.576. The zero-order valence-electron chi connectivity index (χ0n) is 5.39. The Morgan fingerprint density at radius 1 is 1.78 bits per heavy atom. The molecule has 0 aromatic rings. The molecule has 4 heteroatoms. The van der Waals surface area contributed by atoms with Gasteiger partial charge in [0.25, 0.3) is 0 Å². The van der Waals surface area contributed by atoms with E-state index in [-0.39, 0.29) is 6.61 Å². The number of carbonyl (C=O) groups is 1. The largest absolute Gasteiger partial charge is 0.445 e. The lowest BCUT2D eigenvalue weighted by molar-refractivity contribution is -0.149. The molecule has 0 aromatic carbocycles. The lowest BCUT2D eigenvalue weighted by Crippen LogP contribution is -2.14. The predicted octanol–water partition coefficient (Wildman–Crippen LogP) is 0.761. The maximum Gasteiger partial charge on any atom is 0.333 e. The third-order valence-corrected chi connectivity index (χ3v) is 0.645. The Hall–Kier alpha value is -0.280. The summed E-state index contributed by atoms with van der Waals surface area (Å²) in [5.41, 5.74) is -0.576. The van der Waals surface area contributed by atoms with Gasteiger partial charge in [0.15, 0.2) is 5.56 Å². The molecule has 0 amide bonds. The average molecular weight is 153 g/mol. The SMILES string of the molecule is COCC(=O)OC(C)Cl. The van der Waals surface area contributed by atoms with Crippen LogP contribution in [0.25, 0.3) is 0 Å². The molecule has 3 nitrogen and oxygen atoms in total. The molecular formula is C5H9ClO3. The topological polar surface area (TPSA) is 35.5 Å². The van der Waals surface area contributed by atoms with Crippen LogP contribution in [0.4, 0.5) is 0 Å². The molecule has 0 aliphatic carbocycles. The van der Waals surface area contributed by atoms with Crippen LogP contribution in [0.3, 0.4) is 0 Å². The van der Waals surface area contributed by atoms with Crippen LogP contribution in [0.15, 0.2) is 0 Å². The smallest absolute Gasteiger partial charge is 0.333 e. The molecule has 0 N–H and O–H groups in total. The number of hydrogen-bond donors (Lipinski definition) is 0. The van der Waals surface area contributed by atoms with E-state index in [0.29, 0.717) is 0 Å². The third-order valence-electron chi connectivity index (χ3n) is 0.556. The van der Waals surface area contributed by atoms with E-state index in [9.17, 15) is 4.79 Å². The maximum atomic E-state index is 10.4. The maximum absolute atomic E-state index is 10.4. The van der Waals surface area contributed by atoms with E-state index in [4.69, 9.17) is 11.6 Å². The number of carbonyl (C=O) groups excluding carboxylic acids is 1. The van der Waals surface area contributed by atoms with Crippen LogP contribution in [-0.4, -0.2) is 25.2 Å². The van der Waals surface area contributed by atoms with Gasteiger partial charge in [0.2, 0.25) is 0 Å². The van der Waals surface area contributed by atoms with Crippen molar-refractivity contribution in [1.82, 2.24) is 0 Å². The number of esters is 1. The summed E-state index contributed by atoms with van der Waals surface area (Å²) in [6.07, 6.45) is 0. The first-order valence-electron chi connectivity index (χ1n) is 2.49. The van der Waals surface area contributed by atoms with E-state index < -0.39 is 11.5 Å². The summed E-state index contributed by atoms with van der Waals surface area (Å²) in [7, 11) is 1.42. The highest BCUT2D eigenvalue weighted by molar-refractivity contribution is 6.19. The molecule has 9 heavy (non-hydrogen) atoms. The van der Waals surface area contributed by atoms with Gasteiger partial charge >= 0.3 is 5.97 Å². The van der Waals surface area contributed by atoms with Crippen molar-refractivity contribution in [3.8, 4) is 0 Å². The molecule has 1 unspecified atom stereocenters. The Kier molecular flexibility index (Phi) is 4.44. The van der Waals surface area contributed by atoms with E-state index in [1.807, 2.05) is 0 Å². The van der Waals surface area contributed by atoms with Gasteiger partial charge in [-0.05, 0) is 6.92 Å². The molecule has 1 atom stereocenters. The first kappa shape index (κ1) is 8.72. The average Bonchev–Trinajstić information content (AvgIpc) is 1.63. The molecule has 0 radical (unpaired) electrons. The van der Waals surface area contributed by atoms with Gasteiger partial charge in [0, 0.05) is 7.11 Å². The Balaban J connectivity index is 3.27. The van der Waals surface area contributed by atoms with Crippen LogP contribution in [-0.2, 0) is 14.3 Å². The molecule has 0 bridgehead atoms. The van der Waals surface area contributed by atoms with E-state index in [1.165, 1.54) is 7.11 Å². The van der Waals surface area contributed by atoms with Gasteiger partial charge in [-0.25, -0.2) is 4.79 Å². The van der Waals surface area contributed by atoms with Crippen LogP contribution in [0.2, 0.25) is 0 Å². The fraction of sp³-hybridized carbons (Fsp3) is 0.800. The highest BCUT2D eigenvalue weighted by Gasteiger charge is 2.03. The second kappa shape index (κ2) is 4.58. The normalized spacial score (nSPS) is 12.8. The van der Waals surface area contributed by atoms with Crippen molar-refractivity contribution in [3.05, 3.63) is 0 Å². The second-order valence-corrected chi connectivity index (χ2v) is 2.08. The molecule has 54 valence electrons. The van der Waals surface area contributed by atoms with Gasteiger partial charge in [-0.3, -0.25) is 0 Å². The van der Waals surface area contributed by atoms with Gasteiger partial charge in [-0.1, -0.05) is 11.6 Å². The minimum Gasteiger partial charge on any atom is -0.445 e. The number of rotatable bonds is 3. The predicted molar refractivity (Wildman–Crippen MR) is 33.3 cm³/mol. The zero-order chi connectivity index (χ0) is 7.28. The van der Waals surface area contributed by atoms with Crippen molar-refractivity contribution in [2.24, 2.45) is 0 Å². The van der Waals surface area contributed by atoms with Crippen LogP contribution < -0.4 is 0 Å². The molecule has 0 heterocycles. The Morgan fingerprint density at radius 2 is 2.33 bits per heavy atom. The number of alkyl halides is 1. The first-order chi connectivity index (χ1) is 4.16. The van der Waals surface area contributed by atoms with Crippen LogP contribution in [0.5, 0.6) is 0 Å². The van der Waals surface area contributed by atoms with E-state index in [0.717, 1.165) is 0 Å². The number of hydrogen-bond acceptors (Lipinski definition) is 3.